The van der Waals surface area contributed by atoms with E-state index in [0.717, 1.165) is 25.9 Å². The van der Waals surface area contributed by atoms with Gasteiger partial charge in [0.05, 0.1) is 11.4 Å². The van der Waals surface area contributed by atoms with Crippen molar-refractivity contribution in [2.24, 2.45) is 0 Å². The average Bonchev–Trinajstić information content (AvgIpc) is 2.31. The highest BCUT2D eigenvalue weighted by Gasteiger charge is 2.14. The summed E-state index contributed by atoms with van der Waals surface area (Å²) >= 11 is 0. The number of benzene rings is 1. The Morgan fingerprint density at radius 1 is 1.12 bits per heavy atom. The van der Waals surface area contributed by atoms with Crippen LogP contribution in [0.3, 0.4) is 0 Å². The van der Waals surface area contributed by atoms with Gasteiger partial charge in [-0.15, -0.1) is 0 Å². The predicted molar refractivity (Wildman–Crippen MR) is 71.8 cm³/mol. The minimum atomic E-state index is 0.0281. The molecule has 94 valence electrons. The van der Waals surface area contributed by atoms with Gasteiger partial charge in [-0.25, -0.2) is 0 Å². The predicted octanol–water partition coefficient (Wildman–Crippen LogP) is 2.11. The van der Waals surface area contributed by atoms with Gasteiger partial charge in [0.15, 0.2) is 0 Å². The molecule has 0 saturated carbocycles. The third kappa shape index (κ3) is 3.37. The third-order valence-corrected chi connectivity index (χ3v) is 2.61. The van der Waals surface area contributed by atoms with E-state index in [9.17, 15) is 4.79 Å². The van der Waals surface area contributed by atoms with Crippen molar-refractivity contribution in [3.63, 3.8) is 0 Å². The molecule has 0 radical (unpaired) electrons. The van der Waals surface area contributed by atoms with E-state index in [1.165, 1.54) is 0 Å². The summed E-state index contributed by atoms with van der Waals surface area (Å²) in [5.41, 5.74) is 12.9. The van der Waals surface area contributed by atoms with Crippen LogP contribution in [-0.2, 0) is 0 Å². The number of amides is 1. The summed E-state index contributed by atoms with van der Waals surface area (Å²) in [6.45, 7) is 5.68. The molecule has 0 aliphatic carbocycles. The Balaban J connectivity index is 2.88. The zero-order chi connectivity index (χ0) is 12.8. The molecular weight excluding hydrogens is 214 g/mol. The molecule has 4 heteroatoms. The first-order chi connectivity index (χ1) is 8.10. The van der Waals surface area contributed by atoms with Gasteiger partial charge in [-0.2, -0.15) is 0 Å². The normalized spacial score (nSPS) is 10.2. The fourth-order valence-corrected chi connectivity index (χ4v) is 1.75. The topological polar surface area (TPSA) is 72.3 Å². The Morgan fingerprint density at radius 3 is 2.18 bits per heavy atom. The maximum absolute atomic E-state index is 12.2. The molecule has 1 aromatic rings. The lowest BCUT2D eigenvalue weighted by molar-refractivity contribution is 0.0755. The van der Waals surface area contributed by atoms with Crippen LogP contribution in [0, 0.1) is 0 Å². The summed E-state index contributed by atoms with van der Waals surface area (Å²) in [7, 11) is 0. The summed E-state index contributed by atoms with van der Waals surface area (Å²) in [5.74, 6) is 0.0281. The first kappa shape index (κ1) is 13.4. The summed E-state index contributed by atoms with van der Waals surface area (Å²) < 4.78 is 0. The Bertz CT molecular complexity index is 384. The SMILES string of the molecule is CCCN(CCC)C(=O)c1ccc(N)c(N)c1. The largest absolute Gasteiger partial charge is 0.397 e. The number of nitrogens with two attached hydrogens (primary N) is 2. The van der Waals surface area contributed by atoms with E-state index in [2.05, 4.69) is 13.8 Å². The van der Waals surface area contributed by atoms with Crippen molar-refractivity contribution in [1.82, 2.24) is 4.90 Å². The summed E-state index contributed by atoms with van der Waals surface area (Å²) in [6, 6.07) is 5.06. The molecule has 1 rings (SSSR count). The van der Waals surface area contributed by atoms with Gasteiger partial charge in [0.1, 0.15) is 0 Å². The van der Waals surface area contributed by atoms with Gasteiger partial charge < -0.3 is 16.4 Å². The van der Waals surface area contributed by atoms with E-state index < -0.39 is 0 Å². The molecule has 0 aromatic heterocycles. The molecule has 0 atom stereocenters. The number of nitrogen functional groups attached to an aromatic ring is 2. The van der Waals surface area contributed by atoms with Gasteiger partial charge >= 0.3 is 0 Å². The monoisotopic (exact) mass is 235 g/mol. The smallest absolute Gasteiger partial charge is 0.253 e. The van der Waals surface area contributed by atoms with Crippen LogP contribution in [0.15, 0.2) is 18.2 Å². The number of rotatable bonds is 5. The van der Waals surface area contributed by atoms with E-state index >= 15 is 0 Å². The van der Waals surface area contributed by atoms with Crippen LogP contribution in [-0.4, -0.2) is 23.9 Å². The lowest BCUT2D eigenvalue weighted by Gasteiger charge is -2.21. The van der Waals surface area contributed by atoms with Gasteiger partial charge in [-0.3, -0.25) is 4.79 Å². The molecule has 4 nitrogen and oxygen atoms in total. The van der Waals surface area contributed by atoms with Crippen LogP contribution >= 0.6 is 0 Å². The number of nitrogens with zero attached hydrogens (tertiary/aromatic N) is 1. The van der Waals surface area contributed by atoms with Gasteiger partial charge in [0.25, 0.3) is 5.91 Å². The van der Waals surface area contributed by atoms with Crippen molar-refractivity contribution < 1.29 is 4.79 Å². The van der Waals surface area contributed by atoms with E-state index in [4.69, 9.17) is 11.5 Å². The molecule has 0 aliphatic heterocycles. The van der Waals surface area contributed by atoms with Gasteiger partial charge in [0, 0.05) is 18.7 Å². The lowest BCUT2D eigenvalue weighted by atomic mass is 10.1. The van der Waals surface area contributed by atoms with Crippen LogP contribution in [0.1, 0.15) is 37.0 Å². The highest BCUT2D eigenvalue weighted by atomic mass is 16.2. The van der Waals surface area contributed by atoms with Crippen molar-refractivity contribution in [2.75, 3.05) is 24.6 Å². The van der Waals surface area contributed by atoms with Gasteiger partial charge in [-0.1, -0.05) is 13.8 Å². The van der Waals surface area contributed by atoms with Crippen molar-refractivity contribution in [1.29, 1.82) is 0 Å². The zero-order valence-corrected chi connectivity index (χ0v) is 10.6. The molecule has 0 fully saturated rings. The Kier molecular flexibility index (Phi) is 4.82. The second-order valence-corrected chi connectivity index (χ2v) is 4.14. The van der Waals surface area contributed by atoms with E-state index in [0.29, 0.717) is 16.9 Å². The Hall–Kier alpha value is -1.71. The molecule has 1 amide bonds. The molecule has 0 unspecified atom stereocenters. The van der Waals surface area contributed by atoms with Crippen molar-refractivity contribution >= 4 is 17.3 Å². The van der Waals surface area contributed by atoms with Crippen LogP contribution in [0.2, 0.25) is 0 Å². The maximum Gasteiger partial charge on any atom is 0.253 e. The fourth-order valence-electron chi connectivity index (χ4n) is 1.75. The summed E-state index contributed by atoms with van der Waals surface area (Å²) in [4.78, 5) is 14.1. The summed E-state index contributed by atoms with van der Waals surface area (Å²) in [6.07, 6.45) is 1.91. The highest BCUT2D eigenvalue weighted by Crippen LogP contribution is 2.17. The van der Waals surface area contributed by atoms with E-state index in [1.807, 2.05) is 4.90 Å². The second kappa shape index (κ2) is 6.13. The highest BCUT2D eigenvalue weighted by molar-refractivity contribution is 5.96. The maximum atomic E-state index is 12.2. The van der Waals surface area contributed by atoms with Crippen LogP contribution in [0.25, 0.3) is 0 Å². The average molecular weight is 235 g/mol. The van der Waals surface area contributed by atoms with Crippen LogP contribution in [0.4, 0.5) is 11.4 Å². The number of hydrogen-bond acceptors (Lipinski definition) is 3. The quantitative estimate of drug-likeness (QED) is 0.768. The van der Waals surface area contributed by atoms with E-state index in [-0.39, 0.29) is 5.91 Å². The third-order valence-electron chi connectivity index (χ3n) is 2.61. The van der Waals surface area contributed by atoms with Crippen molar-refractivity contribution in [3.05, 3.63) is 23.8 Å². The number of hydrogen-bond donors (Lipinski definition) is 2. The number of anilines is 2. The lowest BCUT2D eigenvalue weighted by Crippen LogP contribution is -2.32. The molecule has 0 saturated heterocycles. The Morgan fingerprint density at radius 2 is 1.71 bits per heavy atom. The first-order valence-electron chi connectivity index (χ1n) is 6.04. The number of carbonyl (C=O) groups is 1. The fraction of sp³-hybridized carbons (Fsp3) is 0.462. The minimum absolute atomic E-state index is 0.0281. The second-order valence-electron chi connectivity index (χ2n) is 4.14. The molecule has 0 bridgehead atoms. The first-order valence-corrected chi connectivity index (χ1v) is 6.04. The number of carbonyl (C=O) groups excluding carboxylic acids is 1. The molecule has 17 heavy (non-hydrogen) atoms. The van der Waals surface area contributed by atoms with Crippen molar-refractivity contribution in [3.8, 4) is 0 Å². The van der Waals surface area contributed by atoms with Gasteiger partial charge in [0.2, 0.25) is 0 Å². The minimum Gasteiger partial charge on any atom is -0.397 e. The molecule has 4 N–H and O–H groups in total. The van der Waals surface area contributed by atoms with Crippen LogP contribution in [0.5, 0.6) is 0 Å². The van der Waals surface area contributed by atoms with E-state index in [1.54, 1.807) is 18.2 Å². The van der Waals surface area contributed by atoms with Crippen LogP contribution < -0.4 is 11.5 Å². The molecule has 0 spiro atoms. The zero-order valence-electron chi connectivity index (χ0n) is 10.6. The van der Waals surface area contributed by atoms with Crippen molar-refractivity contribution in [2.45, 2.75) is 26.7 Å². The van der Waals surface area contributed by atoms with Gasteiger partial charge in [-0.05, 0) is 31.0 Å². The molecular formula is C13H21N3O. The Labute approximate surface area is 103 Å². The molecule has 0 heterocycles. The summed E-state index contributed by atoms with van der Waals surface area (Å²) in [5, 5.41) is 0. The standard InChI is InChI=1S/C13H21N3O/c1-3-7-16(8-4-2)13(17)10-5-6-11(14)12(15)9-10/h5-6,9H,3-4,7-8,14-15H2,1-2H3. The molecule has 1 aromatic carbocycles. The molecule has 0 aliphatic rings.